The first kappa shape index (κ1) is 16.6. The zero-order chi connectivity index (χ0) is 16.5. The van der Waals surface area contributed by atoms with Crippen molar-refractivity contribution in [1.29, 1.82) is 0 Å². The normalized spacial score (nSPS) is 20.0. The van der Waals surface area contributed by atoms with E-state index in [1.54, 1.807) is 23.1 Å². The Labute approximate surface area is 129 Å². The van der Waals surface area contributed by atoms with Gasteiger partial charge in [-0.1, -0.05) is 12.1 Å². The summed E-state index contributed by atoms with van der Waals surface area (Å²) in [7, 11) is 0. The van der Waals surface area contributed by atoms with Crippen molar-refractivity contribution in [2.75, 3.05) is 6.54 Å². The highest BCUT2D eigenvalue weighted by Crippen LogP contribution is 2.30. The van der Waals surface area contributed by atoms with E-state index >= 15 is 0 Å². The van der Waals surface area contributed by atoms with Crippen molar-refractivity contribution in [1.82, 2.24) is 4.90 Å². The largest absolute Gasteiger partial charge is 0.385 e. The Bertz CT molecular complexity index is 580. The van der Waals surface area contributed by atoms with Crippen molar-refractivity contribution in [3.63, 3.8) is 0 Å². The third kappa shape index (κ3) is 3.35. The van der Waals surface area contributed by atoms with Gasteiger partial charge in [0, 0.05) is 12.1 Å². The molecule has 1 aliphatic rings. The number of hydrogen-bond donors (Lipinski definition) is 1. The van der Waals surface area contributed by atoms with E-state index in [4.69, 9.17) is 0 Å². The second kappa shape index (κ2) is 6.16. The third-order valence-electron chi connectivity index (χ3n) is 4.08. The van der Waals surface area contributed by atoms with E-state index in [-0.39, 0.29) is 17.7 Å². The number of carbonyl (C=O) groups is 2. The molecule has 1 aliphatic heterocycles. The molecule has 1 fully saturated rings. The van der Waals surface area contributed by atoms with Gasteiger partial charge >= 0.3 is 0 Å². The Morgan fingerprint density at radius 3 is 2.68 bits per heavy atom. The maximum absolute atomic E-state index is 13.9. The molecule has 1 N–H and O–H groups in total. The number of amides is 1. The predicted molar refractivity (Wildman–Crippen MR) is 81.3 cm³/mol. The van der Waals surface area contributed by atoms with Gasteiger partial charge in [-0.3, -0.25) is 9.59 Å². The minimum Gasteiger partial charge on any atom is -0.385 e. The molecule has 1 aromatic rings. The van der Waals surface area contributed by atoms with Gasteiger partial charge in [0.2, 0.25) is 0 Å². The van der Waals surface area contributed by atoms with Crippen molar-refractivity contribution >= 4 is 11.7 Å². The third-order valence-corrected chi connectivity index (χ3v) is 4.08. The number of carbonyl (C=O) groups excluding carboxylic acids is 2. The van der Waals surface area contributed by atoms with E-state index in [2.05, 4.69) is 0 Å². The summed E-state index contributed by atoms with van der Waals surface area (Å²) in [4.78, 5) is 25.8. The van der Waals surface area contributed by atoms with Crippen molar-refractivity contribution in [3.8, 4) is 0 Å². The minimum absolute atomic E-state index is 0.0214. The van der Waals surface area contributed by atoms with Crippen LogP contribution in [-0.2, 0) is 4.79 Å². The van der Waals surface area contributed by atoms with Crippen LogP contribution in [0.5, 0.6) is 0 Å². The molecule has 0 saturated carbocycles. The molecule has 22 heavy (non-hydrogen) atoms. The first-order valence-electron chi connectivity index (χ1n) is 7.50. The molecule has 0 radical (unpaired) electrons. The number of halogens is 1. The Morgan fingerprint density at radius 2 is 2.09 bits per heavy atom. The number of rotatable bonds is 4. The SMILES string of the molecule is CC(=O)[C@H]1CCCN1C(=O)c1cccc(C(O)C(C)(C)F)c1. The maximum atomic E-state index is 13.9. The fraction of sp³-hybridized carbons (Fsp3) is 0.529. The van der Waals surface area contributed by atoms with Crippen molar-refractivity contribution in [3.05, 3.63) is 35.4 Å². The molecule has 5 heteroatoms. The number of likely N-dealkylation sites (tertiary alicyclic amines) is 1. The summed E-state index contributed by atoms with van der Waals surface area (Å²) in [5, 5.41) is 10.0. The number of Topliss-reactive ketones (excluding diaryl/α,β-unsaturated/α-hetero) is 1. The van der Waals surface area contributed by atoms with E-state index < -0.39 is 11.8 Å². The average molecular weight is 307 g/mol. The average Bonchev–Trinajstić information content (AvgIpc) is 2.94. The summed E-state index contributed by atoms with van der Waals surface area (Å²) >= 11 is 0. The van der Waals surface area contributed by atoms with Gasteiger partial charge < -0.3 is 10.0 Å². The molecule has 4 nitrogen and oxygen atoms in total. The first-order chi connectivity index (χ1) is 10.2. The summed E-state index contributed by atoms with van der Waals surface area (Å²) in [6.45, 7) is 4.61. The van der Waals surface area contributed by atoms with Gasteiger partial charge in [-0.2, -0.15) is 0 Å². The van der Waals surface area contributed by atoms with Gasteiger partial charge in [0.05, 0.1) is 6.04 Å². The van der Waals surface area contributed by atoms with Crippen LogP contribution >= 0.6 is 0 Å². The summed E-state index contributed by atoms with van der Waals surface area (Å²) < 4.78 is 13.9. The van der Waals surface area contributed by atoms with Gasteiger partial charge in [0.25, 0.3) is 5.91 Å². The summed E-state index contributed by atoms with van der Waals surface area (Å²) in [6, 6.07) is 5.97. The summed E-state index contributed by atoms with van der Waals surface area (Å²) in [6.07, 6.45) is 0.180. The topological polar surface area (TPSA) is 57.6 Å². The Morgan fingerprint density at radius 1 is 1.41 bits per heavy atom. The standard InChI is InChI=1S/C17H22FNO3/c1-11(20)14-8-5-9-19(14)16(22)13-7-4-6-12(10-13)15(21)17(2,3)18/h4,6-7,10,14-15,21H,5,8-9H2,1-3H3/t14-,15?/m1/s1. The lowest BCUT2D eigenvalue weighted by Gasteiger charge is -2.25. The fourth-order valence-corrected chi connectivity index (χ4v) is 2.84. The van der Waals surface area contributed by atoms with E-state index in [0.717, 1.165) is 6.42 Å². The monoisotopic (exact) mass is 307 g/mol. The zero-order valence-electron chi connectivity index (χ0n) is 13.2. The number of hydrogen-bond acceptors (Lipinski definition) is 3. The number of ketones is 1. The second-order valence-corrected chi connectivity index (χ2v) is 6.36. The van der Waals surface area contributed by atoms with E-state index in [9.17, 15) is 19.1 Å². The van der Waals surface area contributed by atoms with Crippen LogP contribution in [0.25, 0.3) is 0 Å². The quantitative estimate of drug-likeness (QED) is 0.930. The lowest BCUT2D eigenvalue weighted by molar-refractivity contribution is -0.120. The number of nitrogens with zero attached hydrogens (tertiary/aromatic N) is 1. The van der Waals surface area contributed by atoms with Gasteiger partial charge in [0.1, 0.15) is 11.8 Å². The molecule has 2 atom stereocenters. The predicted octanol–water partition coefficient (Wildman–Crippen LogP) is 2.66. The molecule has 1 aromatic carbocycles. The van der Waals surface area contributed by atoms with Crippen LogP contribution in [0.3, 0.4) is 0 Å². The van der Waals surface area contributed by atoms with Gasteiger partial charge in [-0.25, -0.2) is 4.39 Å². The highest BCUT2D eigenvalue weighted by Gasteiger charge is 2.33. The molecule has 120 valence electrons. The van der Waals surface area contributed by atoms with Crippen molar-refractivity contribution < 1.29 is 19.1 Å². The van der Waals surface area contributed by atoms with Crippen LogP contribution < -0.4 is 0 Å². The lowest BCUT2D eigenvalue weighted by atomic mass is 9.95. The Balaban J connectivity index is 2.26. The smallest absolute Gasteiger partial charge is 0.254 e. The van der Waals surface area contributed by atoms with E-state index in [1.165, 1.54) is 26.8 Å². The molecule has 0 bridgehead atoms. The van der Waals surface area contributed by atoms with Crippen LogP contribution in [0.4, 0.5) is 4.39 Å². The molecule has 1 saturated heterocycles. The summed E-state index contributed by atoms with van der Waals surface area (Å²) in [5.41, 5.74) is -1.07. The Kier molecular flexibility index (Phi) is 4.66. The number of aliphatic hydroxyl groups is 1. The molecule has 0 aromatic heterocycles. The maximum Gasteiger partial charge on any atom is 0.254 e. The Hall–Kier alpha value is -1.75. The van der Waals surface area contributed by atoms with Crippen LogP contribution in [-0.4, -0.2) is 40.0 Å². The summed E-state index contributed by atoms with van der Waals surface area (Å²) in [5.74, 6) is -0.268. The number of aliphatic hydroxyl groups excluding tert-OH is 1. The number of alkyl halides is 1. The molecular weight excluding hydrogens is 285 g/mol. The van der Waals surface area contributed by atoms with Crippen LogP contribution in [0.1, 0.15) is 55.6 Å². The van der Waals surface area contributed by atoms with Crippen LogP contribution in [0.15, 0.2) is 24.3 Å². The van der Waals surface area contributed by atoms with Crippen molar-refractivity contribution in [2.45, 2.75) is 51.4 Å². The molecule has 1 unspecified atom stereocenters. The van der Waals surface area contributed by atoms with Crippen LogP contribution in [0, 0.1) is 0 Å². The minimum atomic E-state index is -1.79. The number of benzene rings is 1. The van der Waals surface area contributed by atoms with Gasteiger partial charge in [-0.15, -0.1) is 0 Å². The highest BCUT2D eigenvalue weighted by molar-refractivity contribution is 5.98. The van der Waals surface area contributed by atoms with E-state index in [1.807, 2.05) is 0 Å². The van der Waals surface area contributed by atoms with Crippen LogP contribution in [0.2, 0.25) is 0 Å². The van der Waals surface area contributed by atoms with Gasteiger partial charge in [0.15, 0.2) is 5.78 Å². The van der Waals surface area contributed by atoms with Crippen molar-refractivity contribution in [2.24, 2.45) is 0 Å². The fourth-order valence-electron chi connectivity index (χ4n) is 2.84. The highest BCUT2D eigenvalue weighted by atomic mass is 19.1. The molecule has 2 rings (SSSR count). The molecule has 1 heterocycles. The molecule has 1 amide bonds. The zero-order valence-corrected chi connectivity index (χ0v) is 13.2. The van der Waals surface area contributed by atoms with Gasteiger partial charge in [-0.05, 0) is 51.3 Å². The first-order valence-corrected chi connectivity index (χ1v) is 7.50. The molecule has 0 aliphatic carbocycles. The molecular formula is C17H22FNO3. The molecule has 0 spiro atoms. The van der Waals surface area contributed by atoms with E-state index in [0.29, 0.717) is 24.1 Å². The lowest BCUT2D eigenvalue weighted by Crippen LogP contribution is -2.39. The second-order valence-electron chi connectivity index (χ2n) is 6.36.